The molecule has 1 aromatic carbocycles. The summed E-state index contributed by atoms with van der Waals surface area (Å²) >= 11 is 0. The molecule has 0 radical (unpaired) electrons. The van der Waals surface area contributed by atoms with Gasteiger partial charge in [0.25, 0.3) is 11.8 Å². The summed E-state index contributed by atoms with van der Waals surface area (Å²) < 4.78 is 0. The quantitative estimate of drug-likeness (QED) is 0.843. The van der Waals surface area contributed by atoms with Crippen LogP contribution in [0.5, 0.6) is 0 Å². The minimum Gasteiger partial charge on any atom is -0.465 e. The van der Waals surface area contributed by atoms with E-state index in [2.05, 4.69) is 0 Å². The number of hydrogen-bond acceptors (Lipinski definition) is 3. The van der Waals surface area contributed by atoms with Crippen molar-refractivity contribution >= 4 is 17.9 Å². The third-order valence-electron chi connectivity index (χ3n) is 5.09. The van der Waals surface area contributed by atoms with Gasteiger partial charge in [0.2, 0.25) is 0 Å². The number of hydrogen-bond donors (Lipinski definition) is 1. The van der Waals surface area contributed by atoms with Crippen LogP contribution in [-0.4, -0.2) is 52.4 Å². The Hall–Kier alpha value is -2.37. The molecule has 22 heavy (non-hydrogen) atoms. The first kappa shape index (κ1) is 13.3. The smallest absolute Gasteiger partial charge is 0.407 e. The topological polar surface area (TPSA) is 77.9 Å². The Bertz CT molecular complexity index is 658. The average molecular weight is 300 g/mol. The first-order chi connectivity index (χ1) is 10.5. The Kier molecular flexibility index (Phi) is 2.61. The van der Waals surface area contributed by atoms with Crippen LogP contribution in [0.2, 0.25) is 0 Å². The molecule has 3 fully saturated rings. The molecule has 3 amide bonds. The summed E-state index contributed by atoms with van der Waals surface area (Å²) in [5.41, 5.74) is 0.644. The molecule has 2 bridgehead atoms. The zero-order valence-corrected chi connectivity index (χ0v) is 12.0. The van der Waals surface area contributed by atoms with Crippen LogP contribution in [0, 0.1) is 11.3 Å². The Morgan fingerprint density at radius 1 is 1.18 bits per heavy atom. The minimum absolute atomic E-state index is 0.255. The standard InChI is InChI=1S/C16H16N2O4/c19-13-11-3-1-2-4-12(11)14(20)18(13)9-16-5-10(6-16)7-17(8-16)15(21)22/h1-4,10H,5-9H2,(H,21,22). The summed E-state index contributed by atoms with van der Waals surface area (Å²) in [5, 5.41) is 9.18. The molecule has 3 aliphatic heterocycles. The van der Waals surface area contributed by atoms with Gasteiger partial charge in [0.1, 0.15) is 0 Å². The third-order valence-corrected chi connectivity index (χ3v) is 5.09. The summed E-state index contributed by atoms with van der Waals surface area (Å²) in [5.74, 6) is -0.156. The lowest BCUT2D eigenvalue weighted by atomic mass is 9.58. The van der Waals surface area contributed by atoms with E-state index < -0.39 is 6.09 Å². The highest BCUT2D eigenvalue weighted by Crippen LogP contribution is 2.51. The summed E-state index contributed by atoms with van der Waals surface area (Å²) in [6.45, 7) is 1.30. The van der Waals surface area contributed by atoms with Gasteiger partial charge in [-0.25, -0.2) is 4.79 Å². The fourth-order valence-electron chi connectivity index (χ4n) is 4.25. The van der Waals surface area contributed by atoms with Gasteiger partial charge in [0.05, 0.1) is 11.1 Å². The van der Waals surface area contributed by atoms with Crippen LogP contribution < -0.4 is 0 Å². The van der Waals surface area contributed by atoms with Crippen molar-refractivity contribution < 1.29 is 19.5 Å². The monoisotopic (exact) mass is 300 g/mol. The highest BCUT2D eigenvalue weighted by Gasteiger charge is 2.53. The molecule has 6 nitrogen and oxygen atoms in total. The van der Waals surface area contributed by atoms with E-state index in [1.54, 1.807) is 24.3 Å². The molecule has 1 N–H and O–H groups in total. The number of carbonyl (C=O) groups is 3. The van der Waals surface area contributed by atoms with E-state index in [1.165, 1.54) is 9.80 Å². The molecule has 1 aliphatic carbocycles. The molecular formula is C16H16N2O4. The van der Waals surface area contributed by atoms with Crippen LogP contribution in [0.25, 0.3) is 0 Å². The maximum Gasteiger partial charge on any atom is 0.407 e. The summed E-state index contributed by atoms with van der Waals surface area (Å²) in [6, 6.07) is 6.83. The van der Waals surface area contributed by atoms with Crippen LogP contribution in [-0.2, 0) is 0 Å². The van der Waals surface area contributed by atoms with Gasteiger partial charge in [-0.2, -0.15) is 0 Å². The van der Waals surface area contributed by atoms with E-state index in [9.17, 15) is 19.5 Å². The van der Waals surface area contributed by atoms with Gasteiger partial charge in [-0.15, -0.1) is 0 Å². The number of imide groups is 1. The Morgan fingerprint density at radius 2 is 1.77 bits per heavy atom. The van der Waals surface area contributed by atoms with E-state index in [-0.39, 0.29) is 17.2 Å². The number of carbonyl (C=O) groups excluding carboxylic acids is 2. The zero-order valence-electron chi connectivity index (χ0n) is 12.0. The van der Waals surface area contributed by atoms with E-state index >= 15 is 0 Å². The minimum atomic E-state index is -0.920. The van der Waals surface area contributed by atoms with Crippen LogP contribution in [0.4, 0.5) is 4.79 Å². The maximum absolute atomic E-state index is 12.4. The van der Waals surface area contributed by atoms with Crippen molar-refractivity contribution in [3.8, 4) is 0 Å². The second-order valence-electron chi connectivity index (χ2n) is 6.68. The highest BCUT2D eigenvalue weighted by molar-refractivity contribution is 6.21. The maximum atomic E-state index is 12.4. The van der Waals surface area contributed by atoms with Crippen molar-refractivity contribution in [3.05, 3.63) is 35.4 Å². The van der Waals surface area contributed by atoms with Crippen molar-refractivity contribution in [2.24, 2.45) is 11.3 Å². The van der Waals surface area contributed by atoms with Crippen molar-refractivity contribution in [1.82, 2.24) is 9.80 Å². The molecular weight excluding hydrogens is 284 g/mol. The number of fused-ring (bicyclic) bond motifs is 3. The van der Waals surface area contributed by atoms with Gasteiger partial charge in [-0.3, -0.25) is 14.5 Å². The third kappa shape index (κ3) is 1.76. The number of benzene rings is 1. The lowest BCUT2D eigenvalue weighted by Crippen LogP contribution is -2.61. The SMILES string of the molecule is O=C(O)N1CC2CC(CN3C(=O)c4ccccc4C3=O)(C2)C1. The van der Waals surface area contributed by atoms with E-state index in [0.29, 0.717) is 36.7 Å². The average Bonchev–Trinajstić information content (AvgIpc) is 2.72. The van der Waals surface area contributed by atoms with E-state index in [4.69, 9.17) is 0 Å². The van der Waals surface area contributed by atoms with Gasteiger partial charge < -0.3 is 10.0 Å². The Morgan fingerprint density at radius 3 is 2.32 bits per heavy atom. The van der Waals surface area contributed by atoms with Gasteiger partial charge in [0, 0.05) is 25.0 Å². The molecule has 0 spiro atoms. The summed E-state index contributed by atoms with van der Waals surface area (Å²) in [6.07, 6.45) is 0.866. The summed E-state index contributed by atoms with van der Waals surface area (Å²) in [7, 11) is 0. The molecule has 5 rings (SSSR count). The first-order valence-corrected chi connectivity index (χ1v) is 7.42. The number of nitrogens with zero attached hydrogens (tertiary/aromatic N) is 2. The Labute approximate surface area is 127 Å². The van der Waals surface area contributed by atoms with Crippen LogP contribution in [0.3, 0.4) is 0 Å². The fraction of sp³-hybridized carbons (Fsp3) is 0.438. The number of carboxylic acid groups (broad SMARTS) is 1. The molecule has 1 saturated carbocycles. The lowest BCUT2D eigenvalue weighted by Gasteiger charge is -2.56. The van der Waals surface area contributed by atoms with Gasteiger partial charge in [0.15, 0.2) is 0 Å². The van der Waals surface area contributed by atoms with Gasteiger partial charge in [-0.1, -0.05) is 12.1 Å². The molecule has 0 atom stereocenters. The van der Waals surface area contributed by atoms with Crippen LogP contribution in [0.15, 0.2) is 24.3 Å². The van der Waals surface area contributed by atoms with Crippen LogP contribution >= 0.6 is 0 Å². The summed E-state index contributed by atoms with van der Waals surface area (Å²) in [4.78, 5) is 38.8. The zero-order chi connectivity index (χ0) is 15.5. The van der Waals surface area contributed by atoms with Crippen molar-refractivity contribution in [1.29, 1.82) is 0 Å². The highest BCUT2D eigenvalue weighted by atomic mass is 16.4. The first-order valence-electron chi connectivity index (χ1n) is 7.42. The van der Waals surface area contributed by atoms with E-state index in [1.807, 2.05) is 0 Å². The normalized spacial score (nSPS) is 29.4. The molecule has 2 saturated heterocycles. The Balaban J connectivity index is 1.57. The van der Waals surface area contributed by atoms with Crippen molar-refractivity contribution in [3.63, 3.8) is 0 Å². The number of piperidine rings is 2. The molecule has 4 aliphatic rings. The second kappa shape index (κ2) is 4.32. The second-order valence-corrected chi connectivity index (χ2v) is 6.68. The van der Waals surface area contributed by atoms with Crippen molar-refractivity contribution in [2.45, 2.75) is 12.8 Å². The van der Waals surface area contributed by atoms with Crippen LogP contribution in [0.1, 0.15) is 33.6 Å². The van der Waals surface area contributed by atoms with Gasteiger partial charge in [-0.05, 0) is 30.9 Å². The van der Waals surface area contributed by atoms with Crippen molar-refractivity contribution in [2.75, 3.05) is 19.6 Å². The molecule has 0 aromatic heterocycles. The van der Waals surface area contributed by atoms with Gasteiger partial charge >= 0.3 is 6.09 Å². The lowest BCUT2D eigenvalue weighted by molar-refractivity contribution is -0.0612. The van der Waals surface area contributed by atoms with E-state index in [0.717, 1.165) is 12.8 Å². The fourth-order valence-corrected chi connectivity index (χ4v) is 4.25. The molecule has 0 unspecified atom stereocenters. The predicted octanol–water partition coefficient (Wildman–Crippen LogP) is 1.67. The predicted molar refractivity (Wildman–Crippen MR) is 76.6 cm³/mol. The molecule has 6 heteroatoms. The molecule has 114 valence electrons. The molecule has 3 heterocycles. The number of rotatable bonds is 2. The largest absolute Gasteiger partial charge is 0.465 e. The molecule has 1 aromatic rings. The number of amides is 3.